The van der Waals surface area contributed by atoms with E-state index in [1.807, 2.05) is 7.11 Å². The lowest BCUT2D eigenvalue weighted by molar-refractivity contribution is 0.0539. The van der Waals surface area contributed by atoms with Crippen LogP contribution in [0.1, 0.15) is 52.9 Å². The van der Waals surface area contributed by atoms with Crippen LogP contribution in [-0.2, 0) is 4.74 Å². The van der Waals surface area contributed by atoms with Crippen LogP contribution in [0.15, 0.2) is 0 Å². The van der Waals surface area contributed by atoms with Gasteiger partial charge in [0.25, 0.3) is 0 Å². The van der Waals surface area contributed by atoms with Crippen molar-refractivity contribution >= 4 is 0 Å². The number of ether oxygens (including phenoxy) is 1. The molecule has 2 aliphatic rings. The first-order valence-electron chi connectivity index (χ1n) is 8.65. The van der Waals surface area contributed by atoms with Crippen LogP contribution in [0, 0.1) is 11.8 Å². The lowest BCUT2D eigenvalue weighted by Crippen LogP contribution is -2.55. The molecule has 3 nitrogen and oxygen atoms in total. The van der Waals surface area contributed by atoms with Crippen LogP contribution in [0.25, 0.3) is 0 Å². The predicted molar refractivity (Wildman–Crippen MR) is 85.0 cm³/mol. The minimum Gasteiger partial charge on any atom is -0.383 e. The minimum absolute atomic E-state index is 0.687. The van der Waals surface area contributed by atoms with Gasteiger partial charge in [-0.25, -0.2) is 0 Å². The highest BCUT2D eigenvalue weighted by Crippen LogP contribution is 2.37. The van der Waals surface area contributed by atoms with Crippen molar-refractivity contribution in [3.8, 4) is 0 Å². The van der Waals surface area contributed by atoms with Crippen LogP contribution in [0.2, 0.25) is 0 Å². The molecule has 0 heterocycles. The van der Waals surface area contributed by atoms with Gasteiger partial charge in [0.05, 0.1) is 6.61 Å². The van der Waals surface area contributed by atoms with Crippen LogP contribution in [0.4, 0.5) is 0 Å². The number of rotatable bonds is 8. The summed E-state index contributed by atoms with van der Waals surface area (Å²) in [5.74, 6) is 1.72. The summed E-state index contributed by atoms with van der Waals surface area (Å²) in [4.78, 5) is 2.77. The molecule has 2 aliphatic carbocycles. The highest BCUT2D eigenvalue weighted by Gasteiger charge is 2.40. The van der Waals surface area contributed by atoms with E-state index in [0.29, 0.717) is 6.04 Å². The van der Waals surface area contributed by atoms with Crippen LogP contribution in [0.5, 0.6) is 0 Å². The summed E-state index contributed by atoms with van der Waals surface area (Å²) in [6, 6.07) is 2.24. The zero-order valence-corrected chi connectivity index (χ0v) is 13.9. The van der Waals surface area contributed by atoms with E-state index >= 15 is 0 Å². The highest BCUT2D eigenvalue weighted by molar-refractivity contribution is 4.97. The van der Waals surface area contributed by atoms with Gasteiger partial charge in [-0.3, -0.25) is 4.90 Å². The molecule has 0 aromatic rings. The molecule has 2 fully saturated rings. The Morgan fingerprint density at radius 2 is 1.95 bits per heavy atom. The van der Waals surface area contributed by atoms with E-state index in [-0.39, 0.29) is 0 Å². The van der Waals surface area contributed by atoms with Gasteiger partial charge in [-0.05, 0) is 50.5 Å². The number of hydrogen-bond acceptors (Lipinski definition) is 3. The van der Waals surface area contributed by atoms with Gasteiger partial charge in [0.1, 0.15) is 0 Å². The molecule has 1 N–H and O–H groups in total. The number of nitrogens with one attached hydrogen (secondary N) is 1. The smallest absolute Gasteiger partial charge is 0.0589 e. The Kier molecular flexibility index (Phi) is 6.31. The van der Waals surface area contributed by atoms with E-state index in [4.69, 9.17) is 4.74 Å². The highest BCUT2D eigenvalue weighted by atomic mass is 16.5. The van der Waals surface area contributed by atoms with Gasteiger partial charge in [0, 0.05) is 31.8 Å². The SMILES string of the molecule is CCNC1CCC(C(C)C)CC1N(CCOC)C1CC1. The number of likely N-dealkylation sites (N-methyl/N-ethyl adjacent to an activating group) is 1. The monoisotopic (exact) mass is 282 g/mol. The summed E-state index contributed by atoms with van der Waals surface area (Å²) in [5, 5.41) is 3.75. The molecular formula is C17H34N2O. The van der Waals surface area contributed by atoms with Gasteiger partial charge in [-0.15, -0.1) is 0 Å². The zero-order valence-electron chi connectivity index (χ0n) is 13.9. The van der Waals surface area contributed by atoms with Gasteiger partial charge < -0.3 is 10.1 Å². The molecule has 0 aromatic carbocycles. The van der Waals surface area contributed by atoms with Gasteiger partial charge in [-0.2, -0.15) is 0 Å². The normalized spacial score (nSPS) is 31.2. The quantitative estimate of drug-likeness (QED) is 0.741. The molecule has 0 spiro atoms. The first-order valence-corrected chi connectivity index (χ1v) is 8.65. The Labute approximate surface area is 125 Å². The van der Waals surface area contributed by atoms with Gasteiger partial charge in [-0.1, -0.05) is 20.8 Å². The lowest BCUT2D eigenvalue weighted by atomic mass is 9.76. The Hall–Kier alpha value is -0.120. The molecule has 2 saturated carbocycles. The first kappa shape index (κ1) is 16.3. The first-order chi connectivity index (χ1) is 9.67. The summed E-state index contributed by atoms with van der Waals surface area (Å²) in [6.07, 6.45) is 6.90. The standard InChI is InChI=1S/C17H34N2O/c1-5-18-16-9-6-14(13(2)3)12-17(16)19(10-11-20-4)15-7-8-15/h13-18H,5-12H2,1-4H3. The number of nitrogens with zero attached hydrogens (tertiary/aromatic N) is 1. The average Bonchev–Trinajstić information content (AvgIpc) is 3.25. The van der Waals surface area contributed by atoms with Crippen LogP contribution >= 0.6 is 0 Å². The van der Waals surface area contributed by atoms with Crippen molar-refractivity contribution in [1.29, 1.82) is 0 Å². The topological polar surface area (TPSA) is 24.5 Å². The molecule has 20 heavy (non-hydrogen) atoms. The van der Waals surface area contributed by atoms with Crippen molar-refractivity contribution in [2.75, 3.05) is 26.8 Å². The maximum atomic E-state index is 5.35. The number of methoxy groups -OCH3 is 1. The van der Waals surface area contributed by atoms with E-state index in [2.05, 4.69) is 31.0 Å². The summed E-state index contributed by atoms with van der Waals surface area (Å²) in [5.41, 5.74) is 0. The Balaban J connectivity index is 2.03. The molecule has 0 aromatic heterocycles. The third-order valence-electron chi connectivity index (χ3n) is 5.26. The van der Waals surface area contributed by atoms with Crippen molar-refractivity contribution < 1.29 is 4.74 Å². The fraction of sp³-hybridized carbons (Fsp3) is 1.00. The summed E-state index contributed by atoms with van der Waals surface area (Å²) in [7, 11) is 1.82. The van der Waals surface area contributed by atoms with Gasteiger partial charge in [0.15, 0.2) is 0 Å². The summed E-state index contributed by atoms with van der Waals surface area (Å²) < 4.78 is 5.35. The van der Waals surface area contributed by atoms with Gasteiger partial charge >= 0.3 is 0 Å². The van der Waals surface area contributed by atoms with E-state index in [1.165, 1.54) is 32.1 Å². The second-order valence-corrected chi connectivity index (χ2v) is 7.01. The van der Waals surface area contributed by atoms with Crippen molar-refractivity contribution in [2.45, 2.75) is 71.0 Å². The molecule has 0 bridgehead atoms. The zero-order chi connectivity index (χ0) is 14.5. The van der Waals surface area contributed by atoms with Crippen molar-refractivity contribution in [1.82, 2.24) is 10.2 Å². The molecule has 0 radical (unpaired) electrons. The fourth-order valence-electron chi connectivity index (χ4n) is 3.87. The van der Waals surface area contributed by atoms with Crippen molar-refractivity contribution in [3.63, 3.8) is 0 Å². The minimum atomic E-state index is 0.687. The maximum absolute atomic E-state index is 5.35. The average molecular weight is 282 g/mol. The Bertz CT molecular complexity index is 278. The Morgan fingerprint density at radius 1 is 1.20 bits per heavy atom. The molecular weight excluding hydrogens is 248 g/mol. The molecule has 3 unspecified atom stereocenters. The third-order valence-corrected chi connectivity index (χ3v) is 5.26. The maximum Gasteiger partial charge on any atom is 0.0589 e. The second kappa shape index (κ2) is 7.77. The molecule has 0 amide bonds. The number of hydrogen-bond donors (Lipinski definition) is 1. The Morgan fingerprint density at radius 3 is 2.50 bits per heavy atom. The van der Waals surface area contributed by atoms with Crippen molar-refractivity contribution in [2.24, 2.45) is 11.8 Å². The molecule has 3 heteroatoms. The largest absolute Gasteiger partial charge is 0.383 e. The van der Waals surface area contributed by atoms with Crippen molar-refractivity contribution in [3.05, 3.63) is 0 Å². The van der Waals surface area contributed by atoms with E-state index in [9.17, 15) is 0 Å². The third kappa shape index (κ3) is 4.19. The van der Waals surface area contributed by atoms with E-state index in [0.717, 1.165) is 43.6 Å². The summed E-state index contributed by atoms with van der Waals surface area (Å²) >= 11 is 0. The van der Waals surface area contributed by atoms with Gasteiger partial charge in [0.2, 0.25) is 0 Å². The molecule has 118 valence electrons. The fourth-order valence-corrected chi connectivity index (χ4v) is 3.87. The van der Waals surface area contributed by atoms with Crippen LogP contribution in [0.3, 0.4) is 0 Å². The summed E-state index contributed by atoms with van der Waals surface area (Å²) in [6.45, 7) is 10.1. The lowest BCUT2D eigenvalue weighted by Gasteiger charge is -2.44. The second-order valence-electron chi connectivity index (χ2n) is 7.01. The van der Waals surface area contributed by atoms with Crippen LogP contribution in [-0.4, -0.2) is 49.8 Å². The molecule has 0 aliphatic heterocycles. The molecule has 3 atom stereocenters. The predicted octanol–water partition coefficient (Wildman–Crippen LogP) is 2.90. The van der Waals surface area contributed by atoms with E-state index in [1.54, 1.807) is 0 Å². The molecule has 2 rings (SSSR count). The van der Waals surface area contributed by atoms with Crippen LogP contribution < -0.4 is 5.32 Å². The molecule has 0 saturated heterocycles. The van der Waals surface area contributed by atoms with E-state index < -0.39 is 0 Å².